The van der Waals surface area contributed by atoms with Gasteiger partial charge in [-0.3, -0.25) is 0 Å². The average molecular weight is 198 g/mol. The molecule has 1 rings (SSSR count). The summed E-state index contributed by atoms with van der Waals surface area (Å²) in [7, 11) is 2.20. The van der Waals surface area contributed by atoms with Gasteiger partial charge < -0.3 is 10.2 Å². The van der Waals surface area contributed by atoms with E-state index in [4.69, 9.17) is 0 Å². The van der Waals surface area contributed by atoms with Gasteiger partial charge in [0.2, 0.25) is 0 Å². The van der Waals surface area contributed by atoms with Crippen molar-refractivity contribution >= 4 is 0 Å². The van der Waals surface area contributed by atoms with Crippen molar-refractivity contribution in [3.8, 4) is 0 Å². The van der Waals surface area contributed by atoms with Crippen LogP contribution in [0.2, 0.25) is 0 Å². The predicted octanol–water partition coefficient (Wildman–Crippen LogP) is 2.25. The van der Waals surface area contributed by atoms with E-state index < -0.39 is 0 Å². The highest BCUT2D eigenvalue weighted by Gasteiger charge is 2.12. The van der Waals surface area contributed by atoms with E-state index in [0.29, 0.717) is 6.04 Å². The van der Waals surface area contributed by atoms with E-state index in [1.807, 2.05) is 0 Å². The van der Waals surface area contributed by atoms with Crippen molar-refractivity contribution < 1.29 is 0 Å². The van der Waals surface area contributed by atoms with Crippen LogP contribution in [0.5, 0.6) is 0 Å². The standard InChI is InChI=1S/C12H26N2/c1-11(2)14(3)10-9-13-12-7-5-4-6-8-12/h11-13H,4-10H2,1-3H3. The molecule has 0 unspecified atom stereocenters. The van der Waals surface area contributed by atoms with Crippen LogP contribution in [0.15, 0.2) is 0 Å². The second-order valence-corrected chi connectivity index (χ2v) is 4.86. The SMILES string of the molecule is CC(C)N(C)CCNC1CCCCC1. The fraction of sp³-hybridized carbons (Fsp3) is 1.00. The van der Waals surface area contributed by atoms with Crippen molar-refractivity contribution in [3.05, 3.63) is 0 Å². The second kappa shape index (κ2) is 6.41. The molecule has 0 atom stereocenters. The Morgan fingerprint density at radius 3 is 2.43 bits per heavy atom. The Bertz CT molecular complexity index is 139. The lowest BCUT2D eigenvalue weighted by Gasteiger charge is -2.26. The molecule has 0 spiro atoms. The minimum atomic E-state index is 0.670. The molecule has 0 saturated heterocycles. The molecule has 1 fully saturated rings. The molecule has 0 bridgehead atoms. The Morgan fingerprint density at radius 2 is 1.86 bits per heavy atom. The normalized spacial score (nSPS) is 19.5. The molecule has 2 nitrogen and oxygen atoms in total. The van der Waals surface area contributed by atoms with E-state index in [2.05, 4.69) is 31.1 Å². The summed E-state index contributed by atoms with van der Waals surface area (Å²) in [6.07, 6.45) is 7.09. The molecule has 84 valence electrons. The van der Waals surface area contributed by atoms with Crippen molar-refractivity contribution in [1.82, 2.24) is 10.2 Å². The molecule has 1 saturated carbocycles. The van der Waals surface area contributed by atoms with Crippen molar-refractivity contribution in [2.75, 3.05) is 20.1 Å². The van der Waals surface area contributed by atoms with Crippen LogP contribution in [0.25, 0.3) is 0 Å². The minimum Gasteiger partial charge on any atom is -0.313 e. The summed E-state index contributed by atoms with van der Waals surface area (Å²) in [6.45, 7) is 6.83. The highest BCUT2D eigenvalue weighted by Crippen LogP contribution is 2.16. The first-order valence-electron chi connectivity index (χ1n) is 6.14. The highest BCUT2D eigenvalue weighted by atomic mass is 15.1. The van der Waals surface area contributed by atoms with Crippen LogP contribution in [0.1, 0.15) is 46.0 Å². The maximum absolute atomic E-state index is 3.67. The van der Waals surface area contributed by atoms with E-state index in [1.54, 1.807) is 0 Å². The van der Waals surface area contributed by atoms with Crippen molar-refractivity contribution in [3.63, 3.8) is 0 Å². The smallest absolute Gasteiger partial charge is 0.0107 e. The molecular formula is C12H26N2. The van der Waals surface area contributed by atoms with Gasteiger partial charge in [-0.25, -0.2) is 0 Å². The van der Waals surface area contributed by atoms with Crippen molar-refractivity contribution in [2.24, 2.45) is 0 Å². The van der Waals surface area contributed by atoms with Crippen LogP contribution < -0.4 is 5.32 Å². The number of nitrogens with one attached hydrogen (secondary N) is 1. The molecule has 0 aromatic heterocycles. The molecule has 0 amide bonds. The lowest BCUT2D eigenvalue weighted by molar-refractivity contribution is 0.261. The van der Waals surface area contributed by atoms with Crippen LogP contribution in [-0.2, 0) is 0 Å². The first-order valence-corrected chi connectivity index (χ1v) is 6.14. The highest BCUT2D eigenvalue weighted by molar-refractivity contribution is 4.72. The largest absolute Gasteiger partial charge is 0.313 e. The van der Waals surface area contributed by atoms with Gasteiger partial charge in [0, 0.05) is 25.2 Å². The Labute approximate surface area is 89.1 Å². The van der Waals surface area contributed by atoms with Crippen LogP contribution in [-0.4, -0.2) is 37.1 Å². The van der Waals surface area contributed by atoms with Gasteiger partial charge in [-0.05, 0) is 33.7 Å². The van der Waals surface area contributed by atoms with Crippen LogP contribution in [0, 0.1) is 0 Å². The molecule has 1 aliphatic carbocycles. The Morgan fingerprint density at radius 1 is 1.21 bits per heavy atom. The van der Waals surface area contributed by atoms with Crippen LogP contribution in [0.3, 0.4) is 0 Å². The van der Waals surface area contributed by atoms with Crippen LogP contribution >= 0.6 is 0 Å². The maximum Gasteiger partial charge on any atom is 0.0107 e. The summed E-state index contributed by atoms with van der Waals surface area (Å²) in [5, 5.41) is 3.67. The lowest BCUT2D eigenvalue weighted by atomic mass is 9.95. The number of nitrogens with zero attached hydrogens (tertiary/aromatic N) is 1. The number of hydrogen-bond donors (Lipinski definition) is 1. The molecule has 14 heavy (non-hydrogen) atoms. The lowest BCUT2D eigenvalue weighted by Crippen LogP contribution is -2.38. The number of hydrogen-bond acceptors (Lipinski definition) is 2. The topological polar surface area (TPSA) is 15.3 Å². The predicted molar refractivity (Wildman–Crippen MR) is 62.6 cm³/mol. The fourth-order valence-corrected chi connectivity index (χ4v) is 2.01. The van der Waals surface area contributed by atoms with Gasteiger partial charge in [0.1, 0.15) is 0 Å². The quantitative estimate of drug-likeness (QED) is 0.729. The maximum atomic E-state index is 3.67. The Hall–Kier alpha value is -0.0800. The monoisotopic (exact) mass is 198 g/mol. The summed E-state index contributed by atoms with van der Waals surface area (Å²) in [4.78, 5) is 2.40. The van der Waals surface area contributed by atoms with E-state index in [0.717, 1.165) is 12.6 Å². The Balaban J connectivity index is 2.02. The third-order valence-electron chi connectivity index (χ3n) is 3.38. The van der Waals surface area contributed by atoms with E-state index in [9.17, 15) is 0 Å². The molecule has 0 radical (unpaired) electrons. The van der Waals surface area contributed by atoms with Crippen LogP contribution in [0.4, 0.5) is 0 Å². The van der Waals surface area contributed by atoms with Gasteiger partial charge in [-0.15, -0.1) is 0 Å². The van der Waals surface area contributed by atoms with Gasteiger partial charge in [-0.2, -0.15) is 0 Å². The van der Waals surface area contributed by atoms with E-state index in [1.165, 1.54) is 38.6 Å². The Kier molecular flexibility index (Phi) is 5.49. The zero-order valence-electron chi connectivity index (χ0n) is 10.1. The molecule has 0 heterocycles. The van der Waals surface area contributed by atoms with Crippen molar-refractivity contribution in [2.45, 2.75) is 58.0 Å². The van der Waals surface area contributed by atoms with Gasteiger partial charge >= 0.3 is 0 Å². The molecule has 1 aliphatic rings. The minimum absolute atomic E-state index is 0.670. The third-order valence-corrected chi connectivity index (χ3v) is 3.38. The number of likely N-dealkylation sites (N-methyl/N-ethyl adjacent to an activating group) is 1. The molecule has 0 aromatic rings. The van der Waals surface area contributed by atoms with E-state index in [-0.39, 0.29) is 0 Å². The average Bonchev–Trinajstić information content (AvgIpc) is 2.19. The third kappa shape index (κ3) is 4.43. The molecule has 2 heteroatoms. The van der Waals surface area contributed by atoms with E-state index >= 15 is 0 Å². The number of rotatable bonds is 5. The molecule has 0 aromatic carbocycles. The fourth-order valence-electron chi connectivity index (χ4n) is 2.01. The van der Waals surface area contributed by atoms with Gasteiger partial charge in [0.25, 0.3) is 0 Å². The van der Waals surface area contributed by atoms with Gasteiger partial charge in [-0.1, -0.05) is 19.3 Å². The van der Waals surface area contributed by atoms with Gasteiger partial charge in [0.05, 0.1) is 0 Å². The van der Waals surface area contributed by atoms with Gasteiger partial charge in [0.15, 0.2) is 0 Å². The zero-order chi connectivity index (χ0) is 10.4. The summed E-state index contributed by atoms with van der Waals surface area (Å²) in [6, 6.07) is 1.48. The summed E-state index contributed by atoms with van der Waals surface area (Å²) in [5.41, 5.74) is 0. The summed E-state index contributed by atoms with van der Waals surface area (Å²) in [5.74, 6) is 0. The first kappa shape index (κ1) is 12.0. The second-order valence-electron chi connectivity index (χ2n) is 4.86. The molecular weight excluding hydrogens is 172 g/mol. The zero-order valence-corrected chi connectivity index (χ0v) is 10.1. The summed E-state index contributed by atoms with van der Waals surface area (Å²) >= 11 is 0. The first-order chi connectivity index (χ1) is 6.70. The van der Waals surface area contributed by atoms with Crippen molar-refractivity contribution in [1.29, 1.82) is 0 Å². The molecule has 0 aliphatic heterocycles. The summed E-state index contributed by atoms with van der Waals surface area (Å²) < 4.78 is 0. The molecule has 1 N–H and O–H groups in total.